The molecule has 1 aliphatic rings. The third-order valence-electron chi connectivity index (χ3n) is 3.17. The van der Waals surface area contributed by atoms with Crippen molar-refractivity contribution in [2.75, 3.05) is 12.3 Å². The third kappa shape index (κ3) is 2.91. The van der Waals surface area contributed by atoms with E-state index in [4.69, 9.17) is 22.1 Å². The first-order valence-electron chi connectivity index (χ1n) is 5.89. The van der Waals surface area contributed by atoms with Gasteiger partial charge in [-0.1, -0.05) is 30.5 Å². The molecule has 1 fully saturated rings. The lowest BCUT2D eigenvalue weighted by atomic mass is 10.1. The largest absolute Gasteiger partial charge is 0.462 e. The van der Waals surface area contributed by atoms with Crippen molar-refractivity contribution in [3.8, 4) is 0 Å². The van der Waals surface area contributed by atoms with Crippen molar-refractivity contribution in [3.05, 3.63) is 28.8 Å². The van der Waals surface area contributed by atoms with Crippen molar-refractivity contribution in [2.45, 2.75) is 25.7 Å². The molecule has 17 heavy (non-hydrogen) atoms. The van der Waals surface area contributed by atoms with Crippen LogP contribution in [0.5, 0.6) is 0 Å². The van der Waals surface area contributed by atoms with E-state index in [0.717, 1.165) is 12.8 Å². The van der Waals surface area contributed by atoms with Crippen molar-refractivity contribution in [3.63, 3.8) is 0 Å². The van der Waals surface area contributed by atoms with Crippen LogP contribution in [0.25, 0.3) is 0 Å². The quantitative estimate of drug-likeness (QED) is 0.664. The molecule has 1 aliphatic carbocycles. The van der Waals surface area contributed by atoms with Gasteiger partial charge in [-0.15, -0.1) is 0 Å². The number of carbonyl (C=O) groups is 1. The van der Waals surface area contributed by atoms with Gasteiger partial charge in [0.05, 0.1) is 22.9 Å². The van der Waals surface area contributed by atoms with Crippen LogP contribution in [0.3, 0.4) is 0 Å². The van der Waals surface area contributed by atoms with Gasteiger partial charge in [0.25, 0.3) is 0 Å². The van der Waals surface area contributed by atoms with Crippen molar-refractivity contribution in [2.24, 2.45) is 5.92 Å². The Bertz CT molecular complexity index is 414. The molecule has 92 valence electrons. The molecular formula is C13H16ClNO2. The van der Waals surface area contributed by atoms with Crippen LogP contribution in [0.2, 0.25) is 5.02 Å². The van der Waals surface area contributed by atoms with E-state index >= 15 is 0 Å². The lowest BCUT2D eigenvalue weighted by molar-refractivity contribution is 0.0443. The minimum atomic E-state index is -0.380. The number of carbonyl (C=O) groups excluding carboxylic acids is 1. The molecule has 0 radical (unpaired) electrons. The van der Waals surface area contributed by atoms with Crippen molar-refractivity contribution in [1.82, 2.24) is 0 Å². The molecule has 0 aliphatic heterocycles. The fraction of sp³-hybridized carbons (Fsp3) is 0.462. The van der Waals surface area contributed by atoms with Crippen LogP contribution in [-0.2, 0) is 4.74 Å². The highest BCUT2D eigenvalue weighted by Gasteiger charge is 2.19. The summed E-state index contributed by atoms with van der Waals surface area (Å²) < 4.78 is 5.27. The van der Waals surface area contributed by atoms with Crippen LogP contribution in [0, 0.1) is 5.92 Å². The fourth-order valence-electron chi connectivity index (χ4n) is 2.16. The summed E-state index contributed by atoms with van der Waals surface area (Å²) in [5.41, 5.74) is 6.39. The van der Waals surface area contributed by atoms with Gasteiger partial charge in [-0.2, -0.15) is 0 Å². The van der Waals surface area contributed by atoms with E-state index in [1.807, 2.05) is 0 Å². The van der Waals surface area contributed by atoms with E-state index in [1.165, 1.54) is 12.8 Å². The Balaban J connectivity index is 1.97. The Labute approximate surface area is 106 Å². The Hall–Kier alpha value is -1.22. The van der Waals surface area contributed by atoms with Crippen LogP contribution >= 0.6 is 11.6 Å². The van der Waals surface area contributed by atoms with E-state index in [-0.39, 0.29) is 11.0 Å². The normalized spacial score (nSPS) is 16.1. The molecule has 0 aromatic heterocycles. The second kappa shape index (κ2) is 5.41. The van der Waals surface area contributed by atoms with Crippen LogP contribution in [-0.4, -0.2) is 12.6 Å². The first kappa shape index (κ1) is 12.2. The van der Waals surface area contributed by atoms with Crippen molar-refractivity contribution in [1.29, 1.82) is 0 Å². The van der Waals surface area contributed by atoms with E-state index in [2.05, 4.69) is 0 Å². The van der Waals surface area contributed by atoms with Crippen molar-refractivity contribution >= 4 is 23.3 Å². The van der Waals surface area contributed by atoms with Gasteiger partial charge in [0.15, 0.2) is 0 Å². The molecule has 2 N–H and O–H groups in total. The second-order valence-corrected chi connectivity index (χ2v) is 4.84. The molecule has 4 heteroatoms. The summed E-state index contributed by atoms with van der Waals surface area (Å²) in [6, 6.07) is 5.00. The number of nitrogen functional groups attached to an aromatic ring is 1. The summed E-state index contributed by atoms with van der Waals surface area (Å²) >= 11 is 5.96. The summed E-state index contributed by atoms with van der Waals surface area (Å²) in [5.74, 6) is 0.132. The highest BCUT2D eigenvalue weighted by Crippen LogP contribution is 2.27. The number of hydrogen-bond acceptors (Lipinski definition) is 3. The lowest BCUT2D eigenvalue weighted by Crippen LogP contribution is -2.12. The molecule has 0 spiro atoms. The van der Waals surface area contributed by atoms with Crippen LogP contribution in [0.1, 0.15) is 36.0 Å². The number of halogens is 1. The average Bonchev–Trinajstić information content (AvgIpc) is 2.82. The molecule has 3 nitrogen and oxygen atoms in total. The Kier molecular flexibility index (Phi) is 3.89. The number of nitrogens with two attached hydrogens (primary N) is 1. The van der Waals surface area contributed by atoms with Crippen molar-refractivity contribution < 1.29 is 9.53 Å². The standard InChI is InChI=1S/C13H16ClNO2/c14-12-10(6-3-7-11(12)15)13(16)17-8-9-4-1-2-5-9/h3,6-7,9H,1-2,4-5,8,15H2. The Morgan fingerprint density at radius 1 is 1.41 bits per heavy atom. The second-order valence-electron chi connectivity index (χ2n) is 4.46. The molecule has 0 amide bonds. The molecule has 0 saturated heterocycles. The maximum Gasteiger partial charge on any atom is 0.339 e. The van der Waals surface area contributed by atoms with Gasteiger partial charge >= 0.3 is 5.97 Å². The molecule has 2 rings (SSSR count). The fourth-order valence-corrected chi connectivity index (χ4v) is 2.36. The summed E-state index contributed by atoms with van der Waals surface area (Å²) in [7, 11) is 0. The Morgan fingerprint density at radius 2 is 2.12 bits per heavy atom. The number of esters is 1. The van der Waals surface area contributed by atoms with Gasteiger partial charge in [0, 0.05) is 0 Å². The molecule has 1 saturated carbocycles. The van der Waals surface area contributed by atoms with Crippen LogP contribution in [0.4, 0.5) is 5.69 Å². The minimum Gasteiger partial charge on any atom is -0.462 e. The first-order valence-corrected chi connectivity index (χ1v) is 6.27. The molecule has 1 aromatic carbocycles. The Morgan fingerprint density at radius 3 is 2.82 bits per heavy atom. The molecule has 0 unspecified atom stereocenters. The first-order chi connectivity index (χ1) is 8.18. The highest BCUT2D eigenvalue weighted by atomic mass is 35.5. The van der Waals surface area contributed by atoms with Gasteiger partial charge in [0.2, 0.25) is 0 Å². The smallest absolute Gasteiger partial charge is 0.339 e. The van der Waals surface area contributed by atoms with Crippen LogP contribution in [0.15, 0.2) is 18.2 Å². The zero-order valence-corrected chi connectivity index (χ0v) is 10.4. The highest BCUT2D eigenvalue weighted by molar-refractivity contribution is 6.36. The third-order valence-corrected chi connectivity index (χ3v) is 3.60. The number of ether oxygens (including phenoxy) is 1. The monoisotopic (exact) mass is 253 g/mol. The summed E-state index contributed by atoms with van der Waals surface area (Å²) in [5, 5.41) is 0.281. The predicted octanol–water partition coefficient (Wildman–Crippen LogP) is 3.27. The zero-order chi connectivity index (χ0) is 12.3. The molecule has 0 bridgehead atoms. The van der Waals surface area contributed by atoms with Gasteiger partial charge in [-0.05, 0) is 30.9 Å². The van der Waals surface area contributed by atoms with E-state index < -0.39 is 0 Å². The minimum absolute atomic E-state index is 0.281. The SMILES string of the molecule is Nc1cccc(C(=O)OCC2CCCC2)c1Cl. The maximum atomic E-state index is 11.8. The maximum absolute atomic E-state index is 11.8. The predicted molar refractivity (Wildman–Crippen MR) is 68.1 cm³/mol. The van der Waals surface area contributed by atoms with Gasteiger partial charge < -0.3 is 10.5 Å². The number of rotatable bonds is 3. The average molecular weight is 254 g/mol. The number of benzene rings is 1. The van der Waals surface area contributed by atoms with E-state index in [1.54, 1.807) is 18.2 Å². The number of hydrogen-bond donors (Lipinski definition) is 1. The summed E-state index contributed by atoms with van der Waals surface area (Å²) in [4.78, 5) is 11.8. The van der Waals surface area contributed by atoms with E-state index in [9.17, 15) is 4.79 Å². The lowest BCUT2D eigenvalue weighted by Gasteiger charge is -2.11. The molecule has 0 atom stereocenters. The zero-order valence-electron chi connectivity index (χ0n) is 9.62. The number of anilines is 1. The van der Waals surface area contributed by atoms with Crippen LogP contribution < -0.4 is 5.73 Å². The summed E-state index contributed by atoms with van der Waals surface area (Å²) in [6.45, 7) is 0.490. The molecular weight excluding hydrogens is 238 g/mol. The van der Waals surface area contributed by atoms with E-state index in [0.29, 0.717) is 23.8 Å². The molecule has 1 aromatic rings. The van der Waals surface area contributed by atoms with Gasteiger partial charge in [0.1, 0.15) is 0 Å². The molecule has 0 heterocycles. The van der Waals surface area contributed by atoms with Gasteiger partial charge in [-0.3, -0.25) is 0 Å². The topological polar surface area (TPSA) is 52.3 Å². The summed E-state index contributed by atoms with van der Waals surface area (Å²) in [6.07, 6.45) is 4.78. The van der Waals surface area contributed by atoms with Gasteiger partial charge in [-0.25, -0.2) is 4.79 Å².